The van der Waals surface area contributed by atoms with E-state index in [4.69, 9.17) is 28.4 Å². The quantitative estimate of drug-likeness (QED) is 0.128. The SMILES string of the molecule is OC[C@H]1O[C@@H](O[C@H]2[C@H](O)[C@@H](O)[C@H](OCc3ccccc3)O[C@@H]2CO)[C@H](O)[C@@H](O[C@@H]2C[C@@H](O)[C@@H](O)[C@@H](CO)O2)[C@H]1O. The fraction of sp³-hybridized carbons (Fsp3) is 0.760. The standard InChI is InChI=1S/C25H38O15/c26-7-13-17(30)12(29)6-16(36-13)39-23-18(31)14(8-27)37-25(21(23)34)40-22-15(9-28)38-24(20(33)19(22)32)35-10-11-4-2-1-3-5-11/h1-5,12-34H,6-10H2/t12-,13-,14-,15-,16-,17-,18+,19-,20-,21-,22-,23+,24-,25+/m1/s1. The van der Waals surface area contributed by atoms with E-state index < -0.39 is 106 Å². The van der Waals surface area contributed by atoms with E-state index in [9.17, 15) is 46.0 Å². The van der Waals surface area contributed by atoms with E-state index in [0.29, 0.717) is 0 Å². The summed E-state index contributed by atoms with van der Waals surface area (Å²) in [7, 11) is 0. The van der Waals surface area contributed by atoms with Crippen molar-refractivity contribution in [3.8, 4) is 0 Å². The summed E-state index contributed by atoms with van der Waals surface area (Å²) in [4.78, 5) is 0. The van der Waals surface area contributed by atoms with Crippen LogP contribution >= 0.6 is 0 Å². The Morgan fingerprint density at radius 2 is 1.25 bits per heavy atom. The smallest absolute Gasteiger partial charge is 0.187 e. The Balaban J connectivity index is 1.43. The van der Waals surface area contributed by atoms with Crippen molar-refractivity contribution in [2.24, 2.45) is 0 Å². The highest BCUT2D eigenvalue weighted by molar-refractivity contribution is 5.13. The molecule has 0 saturated carbocycles. The molecule has 0 unspecified atom stereocenters. The molecule has 40 heavy (non-hydrogen) atoms. The second-order valence-corrected chi connectivity index (χ2v) is 9.99. The molecule has 3 heterocycles. The molecule has 14 atom stereocenters. The molecule has 0 amide bonds. The molecule has 9 N–H and O–H groups in total. The van der Waals surface area contributed by atoms with Crippen LogP contribution in [0.15, 0.2) is 30.3 Å². The van der Waals surface area contributed by atoms with Crippen LogP contribution < -0.4 is 0 Å². The zero-order valence-corrected chi connectivity index (χ0v) is 21.5. The Kier molecular flexibility index (Phi) is 11.2. The molecular formula is C25H38O15. The second-order valence-electron chi connectivity index (χ2n) is 9.99. The number of rotatable bonds is 10. The molecule has 3 aliphatic rings. The van der Waals surface area contributed by atoms with Crippen molar-refractivity contribution in [1.82, 2.24) is 0 Å². The van der Waals surface area contributed by atoms with Crippen LogP contribution in [0.2, 0.25) is 0 Å². The van der Waals surface area contributed by atoms with Gasteiger partial charge in [0.15, 0.2) is 18.9 Å². The van der Waals surface area contributed by atoms with Crippen LogP contribution in [-0.4, -0.2) is 152 Å². The molecule has 0 spiro atoms. The van der Waals surface area contributed by atoms with Crippen molar-refractivity contribution in [2.45, 2.75) is 99.0 Å². The largest absolute Gasteiger partial charge is 0.394 e. The normalized spacial score (nSPS) is 44.4. The van der Waals surface area contributed by atoms with Gasteiger partial charge in [0.25, 0.3) is 0 Å². The van der Waals surface area contributed by atoms with E-state index in [2.05, 4.69) is 0 Å². The minimum absolute atomic E-state index is 0.0462. The molecular weight excluding hydrogens is 540 g/mol. The van der Waals surface area contributed by atoms with E-state index in [-0.39, 0.29) is 13.0 Å². The van der Waals surface area contributed by atoms with Crippen LogP contribution in [-0.2, 0) is 35.0 Å². The van der Waals surface area contributed by atoms with E-state index in [1.807, 2.05) is 6.07 Å². The zero-order valence-electron chi connectivity index (χ0n) is 21.5. The van der Waals surface area contributed by atoms with E-state index in [0.717, 1.165) is 5.56 Å². The van der Waals surface area contributed by atoms with Crippen LogP contribution in [0.3, 0.4) is 0 Å². The monoisotopic (exact) mass is 578 g/mol. The lowest BCUT2D eigenvalue weighted by Gasteiger charge is -2.47. The molecule has 0 radical (unpaired) electrons. The first-order valence-corrected chi connectivity index (χ1v) is 13.0. The number of ether oxygens (including phenoxy) is 6. The minimum Gasteiger partial charge on any atom is -0.394 e. The van der Waals surface area contributed by atoms with Gasteiger partial charge in [-0.1, -0.05) is 30.3 Å². The van der Waals surface area contributed by atoms with Crippen LogP contribution in [0.4, 0.5) is 0 Å². The predicted octanol–water partition coefficient (Wildman–Crippen LogP) is -4.32. The second kappa shape index (κ2) is 14.2. The Morgan fingerprint density at radius 3 is 1.90 bits per heavy atom. The molecule has 0 aromatic heterocycles. The third-order valence-corrected chi connectivity index (χ3v) is 7.22. The van der Waals surface area contributed by atoms with E-state index >= 15 is 0 Å². The van der Waals surface area contributed by atoms with Gasteiger partial charge in [-0.25, -0.2) is 0 Å². The molecule has 1 aromatic rings. The van der Waals surface area contributed by atoms with E-state index in [1.54, 1.807) is 24.3 Å². The number of hydrogen-bond donors (Lipinski definition) is 9. The first kappa shape index (κ1) is 31.6. The fourth-order valence-corrected chi connectivity index (χ4v) is 4.92. The van der Waals surface area contributed by atoms with Gasteiger partial charge < -0.3 is 74.4 Å². The molecule has 3 aliphatic heterocycles. The van der Waals surface area contributed by atoms with Gasteiger partial charge in [-0.3, -0.25) is 0 Å². The van der Waals surface area contributed by atoms with E-state index in [1.165, 1.54) is 0 Å². The number of hydrogen-bond acceptors (Lipinski definition) is 15. The maximum Gasteiger partial charge on any atom is 0.187 e. The van der Waals surface area contributed by atoms with Gasteiger partial charge in [0, 0.05) is 6.42 Å². The molecule has 15 heteroatoms. The summed E-state index contributed by atoms with van der Waals surface area (Å²) in [6, 6.07) is 9.00. The lowest BCUT2D eigenvalue weighted by Crippen LogP contribution is -2.65. The Morgan fingerprint density at radius 1 is 0.625 bits per heavy atom. The van der Waals surface area contributed by atoms with Crippen LogP contribution in [0.5, 0.6) is 0 Å². The molecule has 3 fully saturated rings. The van der Waals surface area contributed by atoms with Crippen molar-refractivity contribution < 1.29 is 74.4 Å². The molecule has 0 aliphatic carbocycles. The zero-order chi connectivity index (χ0) is 29.0. The van der Waals surface area contributed by atoms with Crippen LogP contribution in [0, 0.1) is 0 Å². The lowest BCUT2D eigenvalue weighted by molar-refractivity contribution is -0.374. The predicted molar refractivity (Wildman–Crippen MR) is 129 cm³/mol. The molecule has 1 aromatic carbocycles. The van der Waals surface area contributed by atoms with Crippen molar-refractivity contribution in [3.63, 3.8) is 0 Å². The molecule has 15 nitrogen and oxygen atoms in total. The number of aliphatic hydroxyl groups excluding tert-OH is 9. The Bertz CT molecular complexity index is 892. The molecule has 228 valence electrons. The molecule has 0 bridgehead atoms. The van der Waals surface area contributed by atoms with Gasteiger partial charge in [0.1, 0.15) is 61.0 Å². The maximum absolute atomic E-state index is 11.0. The molecule has 3 saturated heterocycles. The lowest BCUT2D eigenvalue weighted by atomic mass is 9.96. The minimum atomic E-state index is -1.77. The highest BCUT2D eigenvalue weighted by Crippen LogP contribution is 2.32. The summed E-state index contributed by atoms with van der Waals surface area (Å²) >= 11 is 0. The van der Waals surface area contributed by atoms with Crippen LogP contribution in [0.25, 0.3) is 0 Å². The Labute approximate surface area is 229 Å². The van der Waals surface area contributed by atoms with Gasteiger partial charge in [-0.2, -0.15) is 0 Å². The summed E-state index contributed by atoms with van der Waals surface area (Å²) in [6.07, 6.45) is -20.7. The van der Waals surface area contributed by atoms with Crippen molar-refractivity contribution in [2.75, 3.05) is 19.8 Å². The van der Waals surface area contributed by atoms with Gasteiger partial charge in [0.05, 0.1) is 32.5 Å². The van der Waals surface area contributed by atoms with Crippen molar-refractivity contribution in [3.05, 3.63) is 35.9 Å². The third kappa shape index (κ3) is 6.97. The van der Waals surface area contributed by atoms with Gasteiger partial charge in [0.2, 0.25) is 0 Å². The summed E-state index contributed by atoms with van der Waals surface area (Å²) in [5.41, 5.74) is 0.777. The van der Waals surface area contributed by atoms with Gasteiger partial charge >= 0.3 is 0 Å². The highest BCUT2D eigenvalue weighted by atomic mass is 16.8. The Hall–Kier alpha value is -1.38. The van der Waals surface area contributed by atoms with Crippen molar-refractivity contribution in [1.29, 1.82) is 0 Å². The third-order valence-electron chi connectivity index (χ3n) is 7.22. The first-order chi connectivity index (χ1) is 19.2. The summed E-state index contributed by atoms with van der Waals surface area (Å²) in [5.74, 6) is 0. The summed E-state index contributed by atoms with van der Waals surface area (Å²) in [6.45, 7) is -1.99. The van der Waals surface area contributed by atoms with Crippen molar-refractivity contribution >= 4 is 0 Å². The number of aliphatic hydroxyl groups is 9. The van der Waals surface area contributed by atoms with Gasteiger partial charge in [-0.05, 0) is 5.56 Å². The molecule has 4 rings (SSSR count). The average molecular weight is 579 g/mol. The summed E-state index contributed by atoms with van der Waals surface area (Å²) < 4.78 is 33.5. The summed E-state index contributed by atoms with van der Waals surface area (Å²) in [5, 5.41) is 92.2. The fourth-order valence-electron chi connectivity index (χ4n) is 4.92. The maximum atomic E-state index is 11.0. The topological polar surface area (TPSA) is 237 Å². The van der Waals surface area contributed by atoms with Crippen LogP contribution in [0.1, 0.15) is 12.0 Å². The highest BCUT2D eigenvalue weighted by Gasteiger charge is 2.52. The average Bonchev–Trinajstić information content (AvgIpc) is 2.96. The van der Waals surface area contributed by atoms with Gasteiger partial charge in [-0.15, -0.1) is 0 Å². The number of benzene rings is 1. The first-order valence-electron chi connectivity index (χ1n) is 13.0.